The number of hydrogen-bond acceptors (Lipinski definition) is 24. The van der Waals surface area contributed by atoms with Gasteiger partial charge in [0.05, 0.1) is 24.8 Å². The summed E-state index contributed by atoms with van der Waals surface area (Å²) in [7, 11) is 3.71. The number of carboxylic acids is 3. The van der Waals surface area contributed by atoms with Gasteiger partial charge in [0, 0.05) is 113 Å². The molecule has 135 heavy (non-hydrogen) atoms. The molecule has 3 aromatic carbocycles. The number of aliphatic carboxylic acids is 3. The highest BCUT2D eigenvalue weighted by molar-refractivity contribution is 8.00. The smallest absolute Gasteiger partial charge is 0.323 e. The molecule has 3 aliphatic rings. The molecule has 8 rings (SSSR count). The summed E-state index contributed by atoms with van der Waals surface area (Å²) in [5.74, 6) is -22.0. The van der Waals surface area contributed by atoms with Crippen molar-refractivity contribution in [1.82, 2.24) is 87.2 Å². The topological polar surface area (TPSA) is 661 Å². The number of phenols is 1. The van der Waals surface area contributed by atoms with Gasteiger partial charge in [0.2, 0.25) is 94.5 Å². The third-order valence-corrected chi connectivity index (χ3v) is 25.0. The predicted molar refractivity (Wildman–Crippen MR) is 491 cm³/mol. The van der Waals surface area contributed by atoms with Crippen LogP contribution in [0.5, 0.6) is 5.75 Å². The van der Waals surface area contributed by atoms with Crippen molar-refractivity contribution in [2.45, 2.75) is 241 Å². The maximum atomic E-state index is 15.9. The monoisotopic (exact) mass is 1900 g/mol. The van der Waals surface area contributed by atoms with E-state index in [1.807, 2.05) is 0 Å². The predicted octanol–water partition coefficient (Wildman–Crippen LogP) is -2.82. The van der Waals surface area contributed by atoms with Crippen LogP contribution in [0.1, 0.15) is 141 Å². The first-order valence-corrected chi connectivity index (χ1v) is 46.1. The first kappa shape index (κ1) is 107. The average molecular weight is 1900 g/mol. The Morgan fingerprint density at radius 3 is 1.75 bits per heavy atom. The van der Waals surface area contributed by atoms with Gasteiger partial charge >= 0.3 is 17.9 Å². The summed E-state index contributed by atoms with van der Waals surface area (Å²) in [6, 6.07) is -3.79. The number of H-pyrrole nitrogens is 1. The van der Waals surface area contributed by atoms with Gasteiger partial charge in [0.25, 0.3) is 0 Å². The maximum Gasteiger partial charge on any atom is 0.323 e. The van der Waals surface area contributed by atoms with Crippen molar-refractivity contribution < 1.29 is 117 Å². The van der Waals surface area contributed by atoms with E-state index in [0.717, 1.165) is 31.5 Å². The summed E-state index contributed by atoms with van der Waals surface area (Å²) in [6.07, 6.45) is -1.49. The van der Waals surface area contributed by atoms with E-state index in [9.17, 15) is 83.1 Å². The van der Waals surface area contributed by atoms with Gasteiger partial charge < -0.3 is 130 Å². The molecule has 0 bridgehead atoms. The van der Waals surface area contributed by atoms with Gasteiger partial charge in [-0.15, -0.1) is 11.8 Å². The number of fused-ring (bicyclic) bond motifs is 4. The molecule has 45 heteroatoms. The van der Waals surface area contributed by atoms with Crippen LogP contribution in [0.4, 0.5) is 0 Å². The number of thioether (sulfide) groups is 1. The molecule has 0 spiro atoms. The van der Waals surface area contributed by atoms with Gasteiger partial charge in [-0.1, -0.05) is 102 Å². The van der Waals surface area contributed by atoms with E-state index < -0.39 is 273 Å². The second-order valence-electron chi connectivity index (χ2n) is 34.5. The van der Waals surface area contributed by atoms with Crippen molar-refractivity contribution in [3.8, 4) is 5.75 Å². The number of carboxylic acid groups (broad SMARTS) is 3. The number of aliphatic hydroxyl groups is 1. The summed E-state index contributed by atoms with van der Waals surface area (Å²) in [5, 5.41) is 78.7. The zero-order valence-corrected chi connectivity index (χ0v) is 77.6. The summed E-state index contributed by atoms with van der Waals surface area (Å²) < 4.78 is 1.41. The lowest BCUT2D eigenvalue weighted by molar-refractivity contribution is -0.149. The Kier molecular flexibility index (Phi) is 40.2. The van der Waals surface area contributed by atoms with Gasteiger partial charge in [0.15, 0.2) is 0 Å². The van der Waals surface area contributed by atoms with Crippen molar-refractivity contribution in [2.24, 2.45) is 23.1 Å². The largest absolute Gasteiger partial charge is 0.508 e. The van der Waals surface area contributed by atoms with Crippen LogP contribution in [0.25, 0.3) is 21.8 Å². The lowest BCUT2D eigenvalue weighted by atomic mass is 9.99. The van der Waals surface area contributed by atoms with E-state index in [0.29, 0.717) is 63.1 Å². The number of nitrogens with two attached hydrogens (primary N) is 3. The fourth-order valence-electron chi connectivity index (χ4n) is 16.6. The van der Waals surface area contributed by atoms with Gasteiger partial charge in [-0.25, -0.2) is 0 Å². The number of aromatic nitrogens is 2. The molecule has 15 atom stereocenters. The highest BCUT2D eigenvalue weighted by Gasteiger charge is 2.47. The number of carbonyl (C=O) groups is 19. The summed E-state index contributed by atoms with van der Waals surface area (Å²) in [4.78, 5) is 282. The number of phenolic OH excluding ortho intramolecular Hbond substituents is 1. The molecule has 22 N–H and O–H groups in total. The van der Waals surface area contributed by atoms with Gasteiger partial charge in [-0.3, -0.25) is 91.1 Å². The number of para-hydroxylation sites is 2. The standard InChI is InChI=1S/C90H126N20O24S/c1-9-11-21-68-83(127)98-58(29-30-74(115)116)79(123)104-66(78(122)95-42-72(93)113)46-135-47-73(114)96-62(35-50-25-27-53(111)28-26-50)86(130)105(6)49(5)77(121)100-64(39-75(117)118)88(132)109-33-17-24-69(109)84(128)103-65(40-92)82(126)101-61(34-48(3)4)89(133)110-44-54(112)38-71(110)85(129)99-60(36-51-41-94-57-20-15-13-18-55(51)57)81(125)97-59(31-32-91)80(124)102-63(87(131)107(8)70(22-12-10-2)90(134)106(68)7)37-52-43-108(45-76(119)120)67-23-16-14-19-56(52)67/h13-16,18-20,23,25-28,41,43,48-49,54,58-66,68-71,94,111-112H,9-12,17,21-22,24,29-40,42,44-47,91-92H2,1-8H3,(H2,93,113)(H,95,122)(H,96,114)(H,97,125)(H,98,127)(H,99,129)(H,100,121)(H,101,126)(H,102,124)(H,103,128)(H,104,123)(H,115,116)(H,117,118)(H,119,120)/t49-,54+,58-,59-,60-,61-,62-,63-,64-,65-,66-,68-,69?,70-,71-/m0/s1. The number of primary amides is 1. The number of nitrogens with zero attached hydrogens (tertiary/aromatic N) is 6. The Morgan fingerprint density at radius 2 is 1.10 bits per heavy atom. The second-order valence-corrected chi connectivity index (χ2v) is 35.6. The number of amides is 16. The van der Waals surface area contributed by atoms with Crippen molar-refractivity contribution in [3.63, 3.8) is 0 Å². The summed E-state index contributed by atoms with van der Waals surface area (Å²) in [6.45, 7) is 5.31. The van der Waals surface area contributed by atoms with Gasteiger partial charge in [-0.2, -0.15) is 0 Å². The quantitative estimate of drug-likeness (QED) is 0.0252. The molecule has 5 heterocycles. The molecule has 5 aromatic rings. The summed E-state index contributed by atoms with van der Waals surface area (Å²) >= 11 is 0.685. The van der Waals surface area contributed by atoms with E-state index >= 15 is 33.6 Å². The van der Waals surface area contributed by atoms with E-state index in [1.54, 1.807) is 82.4 Å². The number of aromatic hydroxyl groups is 1. The van der Waals surface area contributed by atoms with Crippen LogP contribution in [-0.2, 0) is 117 Å². The van der Waals surface area contributed by atoms with E-state index in [1.165, 1.54) is 56.0 Å². The Labute approximate surface area is 783 Å². The minimum absolute atomic E-state index is 0.0640. The molecule has 0 aliphatic carbocycles. The first-order valence-electron chi connectivity index (χ1n) is 45.0. The molecule has 0 saturated carbocycles. The van der Waals surface area contributed by atoms with Crippen molar-refractivity contribution >= 4 is 146 Å². The van der Waals surface area contributed by atoms with Gasteiger partial charge in [-0.05, 0) is 105 Å². The number of hydrogen-bond donors (Lipinski definition) is 19. The molecule has 3 fully saturated rings. The summed E-state index contributed by atoms with van der Waals surface area (Å²) in [5.41, 5.74) is 20.0. The molecular formula is C90H126N20O24S. The van der Waals surface area contributed by atoms with Crippen molar-refractivity contribution in [2.75, 3.05) is 65.4 Å². The van der Waals surface area contributed by atoms with Crippen molar-refractivity contribution in [1.29, 1.82) is 0 Å². The van der Waals surface area contributed by atoms with Crippen LogP contribution < -0.4 is 70.4 Å². The number of aromatic amines is 1. The third-order valence-electron chi connectivity index (χ3n) is 24.0. The highest BCUT2D eigenvalue weighted by Crippen LogP contribution is 2.29. The lowest BCUT2D eigenvalue weighted by Crippen LogP contribution is -2.62. The maximum absolute atomic E-state index is 15.9. The van der Waals surface area contributed by atoms with Crippen LogP contribution >= 0.6 is 11.8 Å². The van der Waals surface area contributed by atoms with Crippen LogP contribution in [-0.4, -0.2) is 328 Å². The van der Waals surface area contributed by atoms with Gasteiger partial charge in [0.1, 0.15) is 96.9 Å². The minimum Gasteiger partial charge on any atom is -0.508 e. The normalized spacial score (nSPS) is 24.8. The first-order chi connectivity index (χ1) is 64.1. The molecular weight excluding hydrogens is 1780 g/mol. The number of benzene rings is 3. The molecule has 1 unspecified atom stereocenters. The number of aliphatic hydroxyl groups excluding tert-OH is 1. The van der Waals surface area contributed by atoms with Crippen LogP contribution in [0, 0.1) is 5.92 Å². The minimum atomic E-state index is -1.92. The van der Waals surface area contributed by atoms with Crippen LogP contribution in [0.15, 0.2) is 85.2 Å². The second kappa shape index (κ2) is 50.7. The lowest BCUT2D eigenvalue weighted by Gasteiger charge is -2.36. The van der Waals surface area contributed by atoms with E-state index in [2.05, 4.69) is 58.2 Å². The Morgan fingerprint density at radius 1 is 0.548 bits per heavy atom. The van der Waals surface area contributed by atoms with E-state index in [-0.39, 0.29) is 89.0 Å². The highest BCUT2D eigenvalue weighted by atomic mass is 32.2. The average Bonchev–Trinajstić information content (AvgIpc) is 1.68. The van der Waals surface area contributed by atoms with Crippen molar-refractivity contribution in [3.05, 3.63) is 102 Å². The zero-order valence-electron chi connectivity index (χ0n) is 76.8. The molecule has 736 valence electrons. The molecule has 3 saturated heterocycles. The fourth-order valence-corrected chi connectivity index (χ4v) is 17.5. The number of carbonyl (C=O) groups excluding carboxylic acids is 16. The van der Waals surface area contributed by atoms with Crippen LogP contribution in [0.2, 0.25) is 0 Å². The Bertz CT molecular complexity index is 5130. The third kappa shape index (κ3) is 29.8. The number of rotatable bonds is 27. The van der Waals surface area contributed by atoms with Crippen LogP contribution in [0.3, 0.4) is 0 Å². The molecule has 16 amide bonds. The Balaban J connectivity index is 1.21. The number of likely N-dealkylation sites (N-methyl/N-ethyl adjacent to an activating group) is 3. The molecule has 3 aliphatic heterocycles. The fraction of sp³-hybridized carbons (Fsp3) is 0.544. The Hall–Kier alpha value is -13.3. The van der Waals surface area contributed by atoms with E-state index in [4.69, 9.17) is 17.2 Å². The SMILES string of the molecule is CCCC[C@H]1C(=O)N(C)[C@@H](CCCC)C(=O)N[C@@H](CCC(=O)O)C(=O)N[C@H](C(=O)NCC(N)=O)CSCC(=O)N[C@@H](Cc2ccc(O)cc2)C(=O)N(C)[C@@H](C)C(=O)N[C@@H](CC(=O)O)C(=O)N2CCCC2C(=O)N[C@@H](CN)C(=O)N[C@@H](CC(C)C)C(=O)N2C[C@H](O)C[C@H]2C(=O)N[C@@H](Cc2c[nH]c3ccccc23)C(=O)N[C@@H](CCN)C(=O)N[C@@H](Cc2cn(CC(=O)O)c3ccccc23)C(=O)N1C. The number of nitrogens with one attached hydrogen (secondary N) is 11. The number of unbranched alkanes of at least 4 members (excludes halogenated alkanes) is 2. The molecule has 44 nitrogen and oxygen atoms in total. The molecule has 2 aromatic heterocycles. The zero-order chi connectivity index (χ0) is 99.4. The molecule has 0 radical (unpaired) electrons.